The second kappa shape index (κ2) is 4.92. The maximum absolute atomic E-state index is 2.54. The Morgan fingerprint density at radius 1 is 0.611 bits per heavy atom. The van der Waals surface area contributed by atoms with Crippen molar-refractivity contribution >= 4 is 74.6 Å². The van der Waals surface area contributed by atoms with Crippen LogP contribution in [0.5, 0.6) is 0 Å². The van der Waals surface area contributed by atoms with Crippen molar-refractivity contribution in [2.45, 2.75) is 43.5 Å². The molecule has 0 saturated carbocycles. The Labute approximate surface area is 128 Å². The van der Waals surface area contributed by atoms with Gasteiger partial charge < -0.3 is 0 Å². The maximum atomic E-state index is 2.54. The number of rotatable bonds is 2. The van der Waals surface area contributed by atoms with Crippen molar-refractivity contribution in [2.24, 2.45) is 0 Å². The molecule has 0 atom stereocenters. The Bertz CT molecular complexity index is 538. The van der Waals surface area contributed by atoms with Crippen LogP contribution in [-0.4, -0.2) is 36.8 Å². The molecule has 0 aliphatic carbocycles. The molecule has 2 aromatic heterocycles. The van der Waals surface area contributed by atoms with E-state index in [9.17, 15) is 0 Å². The second-order valence-electron chi connectivity index (χ2n) is 7.27. The Morgan fingerprint density at radius 2 is 0.889 bits per heavy atom. The fourth-order valence-corrected chi connectivity index (χ4v) is 20.1. The summed E-state index contributed by atoms with van der Waals surface area (Å²) in [7, 11) is 0. The molecule has 100 valence electrons. The number of thiophene rings is 2. The average molecular weight is 494 g/mol. The fourth-order valence-electron chi connectivity index (χ4n) is 2.58. The van der Waals surface area contributed by atoms with Crippen LogP contribution in [0.1, 0.15) is 11.1 Å². The van der Waals surface area contributed by atoms with Gasteiger partial charge in [-0.1, -0.05) is 0 Å². The van der Waals surface area contributed by atoms with Crippen LogP contribution in [0.25, 0.3) is 9.40 Å². The van der Waals surface area contributed by atoms with E-state index in [0.717, 1.165) is 0 Å². The second-order valence-corrected chi connectivity index (χ2v) is 39.9. The summed E-state index contributed by atoms with van der Waals surface area (Å²) in [5.41, 5.74) is 3.27. The molecule has 0 aromatic carbocycles. The average Bonchev–Trinajstić information content (AvgIpc) is 2.64. The van der Waals surface area contributed by atoms with Crippen LogP contribution in [0.15, 0.2) is 0 Å². The van der Waals surface area contributed by atoms with Crippen molar-refractivity contribution in [3.63, 3.8) is 0 Å². The van der Waals surface area contributed by atoms with E-state index in [1.807, 2.05) is 0 Å². The Kier molecular flexibility index (Phi) is 4.27. The van der Waals surface area contributed by atoms with Gasteiger partial charge in [-0.3, -0.25) is 0 Å². The molecule has 2 aromatic rings. The van der Waals surface area contributed by atoms with E-state index in [2.05, 4.69) is 66.2 Å². The first-order valence-corrected chi connectivity index (χ1v) is 28.2. The van der Waals surface area contributed by atoms with Gasteiger partial charge in [0.05, 0.1) is 0 Å². The molecule has 0 aliphatic heterocycles. The van der Waals surface area contributed by atoms with E-state index in [4.69, 9.17) is 0 Å². The molecule has 0 amide bonds. The number of aryl methyl sites for hydroxylation is 2. The molecular weight excluding hydrogens is 470 g/mol. The van der Waals surface area contributed by atoms with Crippen LogP contribution in [0, 0.1) is 13.8 Å². The third-order valence-electron chi connectivity index (χ3n) is 3.34. The van der Waals surface area contributed by atoms with E-state index in [1.54, 1.807) is 26.3 Å². The predicted octanol–water partition coefficient (Wildman–Crippen LogP) is 4.67. The number of hydrogen-bond acceptors (Lipinski definition) is 2. The molecule has 2 heterocycles. The van der Waals surface area contributed by atoms with Crippen molar-refractivity contribution in [1.29, 1.82) is 0 Å². The van der Waals surface area contributed by atoms with Crippen LogP contribution in [0.3, 0.4) is 0 Å². The third-order valence-corrected chi connectivity index (χ3v) is 25.8. The van der Waals surface area contributed by atoms with Crippen molar-refractivity contribution in [2.75, 3.05) is 0 Å². The standard InChI is InChI=1S/C8H6S2.6CH3.2Sn/c1-5-3-9-8-6(2)4-10-7(5)8;;;;;;;;/h1-2H3;6*1H3;;. The van der Waals surface area contributed by atoms with E-state index < -0.39 is 36.8 Å². The molecule has 0 unspecified atom stereocenters. The van der Waals surface area contributed by atoms with Gasteiger partial charge in [0.1, 0.15) is 0 Å². The van der Waals surface area contributed by atoms with Gasteiger partial charge in [-0.05, 0) is 0 Å². The van der Waals surface area contributed by atoms with Gasteiger partial charge in [0.2, 0.25) is 0 Å². The third kappa shape index (κ3) is 2.68. The van der Waals surface area contributed by atoms with Crippen LogP contribution in [-0.2, 0) is 0 Å². The first kappa shape index (κ1) is 15.6. The van der Waals surface area contributed by atoms with E-state index in [0.29, 0.717) is 0 Å². The van der Waals surface area contributed by atoms with Crippen molar-refractivity contribution < 1.29 is 0 Å². The zero-order valence-corrected chi connectivity index (χ0v) is 20.2. The molecule has 0 nitrogen and oxygen atoms in total. The predicted molar refractivity (Wildman–Crippen MR) is 95.1 cm³/mol. The molecule has 0 aliphatic rings. The van der Waals surface area contributed by atoms with Gasteiger partial charge in [0.25, 0.3) is 0 Å². The first-order chi connectivity index (χ1) is 8.03. The Balaban J connectivity index is 2.73. The van der Waals surface area contributed by atoms with Crippen LogP contribution in [0.4, 0.5) is 0 Å². The van der Waals surface area contributed by atoms with Gasteiger partial charge in [-0.15, -0.1) is 0 Å². The zero-order chi connectivity index (χ0) is 13.9. The summed E-state index contributed by atoms with van der Waals surface area (Å²) >= 11 is 0.440. The van der Waals surface area contributed by atoms with Crippen molar-refractivity contribution in [3.05, 3.63) is 11.1 Å². The fraction of sp³-hybridized carbons (Fsp3) is 0.571. The monoisotopic (exact) mass is 496 g/mol. The summed E-state index contributed by atoms with van der Waals surface area (Å²) in [4.78, 5) is 15.2. The number of hydrogen-bond donors (Lipinski definition) is 0. The molecule has 0 spiro atoms. The number of fused-ring (bicyclic) bond motifs is 1. The minimum atomic E-state index is -1.91. The van der Waals surface area contributed by atoms with Crippen molar-refractivity contribution in [3.8, 4) is 0 Å². The van der Waals surface area contributed by atoms with Gasteiger partial charge in [-0.2, -0.15) is 0 Å². The summed E-state index contributed by atoms with van der Waals surface area (Å²) in [6, 6.07) is 0. The van der Waals surface area contributed by atoms with Gasteiger partial charge >= 0.3 is 129 Å². The molecule has 18 heavy (non-hydrogen) atoms. The summed E-state index contributed by atoms with van der Waals surface area (Å²) in [6.45, 7) is 4.74. The Morgan fingerprint density at radius 3 is 1.11 bits per heavy atom. The molecule has 0 bridgehead atoms. The van der Waals surface area contributed by atoms with Gasteiger partial charge in [0.15, 0.2) is 0 Å². The zero-order valence-electron chi connectivity index (χ0n) is 12.8. The Hall–Kier alpha value is 1.26. The molecule has 0 N–H and O–H groups in total. The SMILES string of the molecule is Cc1[c]([Sn]([CH3])([CH3])[CH3])sc2c(C)[c]([Sn]([CH3])([CH3])[CH3])sc12. The molecule has 0 saturated heterocycles. The van der Waals surface area contributed by atoms with E-state index in [-0.39, 0.29) is 0 Å². The van der Waals surface area contributed by atoms with Crippen LogP contribution >= 0.6 is 22.7 Å². The summed E-state index contributed by atoms with van der Waals surface area (Å²) in [5, 5.41) is 0. The van der Waals surface area contributed by atoms with E-state index >= 15 is 0 Å². The minimum absolute atomic E-state index is 1.63. The molecule has 4 heteroatoms. The molecule has 2 rings (SSSR count). The van der Waals surface area contributed by atoms with Gasteiger partial charge in [-0.25, -0.2) is 0 Å². The van der Waals surface area contributed by atoms with E-state index in [1.165, 1.54) is 0 Å². The quantitative estimate of drug-likeness (QED) is 0.533. The first-order valence-electron chi connectivity index (χ1n) is 6.57. The summed E-state index contributed by atoms with van der Waals surface area (Å²) in [5.74, 6) is 0. The van der Waals surface area contributed by atoms with Crippen LogP contribution in [0.2, 0.25) is 29.6 Å². The van der Waals surface area contributed by atoms with Crippen LogP contribution < -0.4 is 5.79 Å². The topological polar surface area (TPSA) is 0 Å². The molecule has 0 fully saturated rings. The molecule has 0 radical (unpaired) electrons. The summed E-state index contributed by atoms with van der Waals surface area (Å²) in [6.07, 6.45) is 0. The van der Waals surface area contributed by atoms with Crippen molar-refractivity contribution in [1.82, 2.24) is 0 Å². The van der Waals surface area contributed by atoms with Gasteiger partial charge in [0, 0.05) is 0 Å². The normalized spacial score (nSPS) is 13.6. The molecular formula is C14H24S2Sn2. The summed E-state index contributed by atoms with van der Waals surface area (Å²) < 4.78 is 6.81.